The Balaban J connectivity index is 1.82. The van der Waals surface area contributed by atoms with Crippen molar-refractivity contribution in [3.63, 3.8) is 0 Å². The molecule has 8 nitrogen and oxygen atoms in total. The molecular weight excluding hydrogens is 346 g/mol. The highest BCUT2D eigenvalue weighted by molar-refractivity contribution is 6.31. The van der Waals surface area contributed by atoms with E-state index in [1.54, 1.807) is 34.8 Å². The van der Waals surface area contributed by atoms with Gasteiger partial charge in [0.05, 0.1) is 12.2 Å². The predicted molar refractivity (Wildman–Crippen MR) is 90.8 cm³/mol. The first kappa shape index (κ1) is 17.4. The zero-order valence-corrected chi connectivity index (χ0v) is 14.6. The second kappa shape index (κ2) is 7.20. The summed E-state index contributed by atoms with van der Waals surface area (Å²) in [4.78, 5) is 15.7. The van der Waals surface area contributed by atoms with Crippen molar-refractivity contribution in [3.05, 3.63) is 40.9 Å². The van der Waals surface area contributed by atoms with Gasteiger partial charge in [0.1, 0.15) is 11.6 Å². The largest absolute Gasteiger partial charge is 0.438 e. The maximum atomic E-state index is 11.1. The zero-order valence-electron chi connectivity index (χ0n) is 13.8. The fourth-order valence-electron chi connectivity index (χ4n) is 2.66. The first-order valence-electron chi connectivity index (χ1n) is 7.84. The summed E-state index contributed by atoms with van der Waals surface area (Å²) in [5, 5.41) is 19.2. The second-order valence-electron chi connectivity index (χ2n) is 6.07. The molecular formula is C16H18ClN5O3. The SMILES string of the molecule is CC(C)C(c1nc2cc(Cl)ccc2o1)N1C/C(=C/CC(=O)NO)N=N1. The van der Waals surface area contributed by atoms with Gasteiger partial charge in [-0.05, 0) is 30.2 Å². The Labute approximate surface area is 149 Å². The van der Waals surface area contributed by atoms with Crippen molar-refractivity contribution < 1.29 is 14.4 Å². The lowest BCUT2D eigenvalue weighted by Crippen LogP contribution is -2.26. The number of benzene rings is 1. The number of carbonyl (C=O) groups excluding carboxylic acids is 1. The molecule has 1 amide bonds. The number of carbonyl (C=O) groups is 1. The number of rotatable bonds is 5. The average Bonchev–Trinajstić information content (AvgIpc) is 3.19. The van der Waals surface area contributed by atoms with Crippen molar-refractivity contribution in [1.29, 1.82) is 0 Å². The molecule has 0 radical (unpaired) electrons. The number of halogens is 1. The molecule has 1 unspecified atom stereocenters. The average molecular weight is 364 g/mol. The van der Waals surface area contributed by atoms with E-state index in [0.29, 0.717) is 34.3 Å². The Morgan fingerprint density at radius 1 is 1.52 bits per heavy atom. The number of amides is 1. The highest BCUT2D eigenvalue weighted by Gasteiger charge is 2.31. The summed E-state index contributed by atoms with van der Waals surface area (Å²) in [6, 6.07) is 5.10. The van der Waals surface area contributed by atoms with E-state index in [-0.39, 0.29) is 18.4 Å². The van der Waals surface area contributed by atoms with Gasteiger partial charge in [-0.3, -0.25) is 15.0 Å². The third kappa shape index (κ3) is 3.80. The van der Waals surface area contributed by atoms with Crippen LogP contribution in [0.5, 0.6) is 0 Å². The Kier molecular flexibility index (Phi) is 5.00. The number of aromatic nitrogens is 1. The fraction of sp³-hybridized carbons (Fsp3) is 0.375. The molecule has 2 heterocycles. The number of hydrogen-bond donors (Lipinski definition) is 2. The maximum absolute atomic E-state index is 11.1. The van der Waals surface area contributed by atoms with Gasteiger partial charge < -0.3 is 4.42 Å². The minimum absolute atomic E-state index is 0.0342. The normalized spacial score (nSPS) is 17.0. The quantitative estimate of drug-likeness (QED) is 0.623. The fourth-order valence-corrected chi connectivity index (χ4v) is 2.83. The van der Waals surface area contributed by atoms with Crippen LogP contribution in [0.4, 0.5) is 0 Å². The lowest BCUT2D eigenvalue weighted by atomic mass is 10.0. The van der Waals surface area contributed by atoms with E-state index in [0.717, 1.165) is 0 Å². The summed E-state index contributed by atoms with van der Waals surface area (Å²) < 4.78 is 5.88. The molecule has 25 heavy (non-hydrogen) atoms. The van der Waals surface area contributed by atoms with Crippen LogP contribution in [-0.2, 0) is 4.79 Å². The number of fused-ring (bicyclic) bond motifs is 1. The molecule has 0 aliphatic carbocycles. The third-order valence-electron chi connectivity index (χ3n) is 3.83. The van der Waals surface area contributed by atoms with Gasteiger partial charge in [0.15, 0.2) is 5.58 Å². The maximum Gasteiger partial charge on any atom is 0.247 e. The van der Waals surface area contributed by atoms with E-state index in [1.165, 1.54) is 0 Å². The smallest absolute Gasteiger partial charge is 0.247 e. The van der Waals surface area contributed by atoms with Crippen LogP contribution in [0.25, 0.3) is 11.1 Å². The molecule has 9 heteroatoms. The Morgan fingerprint density at radius 3 is 3.04 bits per heavy atom. The summed E-state index contributed by atoms with van der Waals surface area (Å²) >= 11 is 6.01. The molecule has 2 N–H and O–H groups in total. The van der Waals surface area contributed by atoms with Crippen LogP contribution in [0.15, 0.2) is 44.7 Å². The first-order chi connectivity index (χ1) is 12.0. The van der Waals surface area contributed by atoms with Crippen molar-refractivity contribution in [2.24, 2.45) is 16.3 Å². The van der Waals surface area contributed by atoms with Crippen molar-refractivity contribution in [2.45, 2.75) is 26.3 Å². The number of nitrogens with zero attached hydrogens (tertiary/aromatic N) is 4. The summed E-state index contributed by atoms with van der Waals surface area (Å²) in [5.74, 6) is 0.209. The lowest BCUT2D eigenvalue weighted by Gasteiger charge is -2.25. The monoisotopic (exact) mass is 363 g/mol. The topological polar surface area (TPSA) is 103 Å². The Morgan fingerprint density at radius 2 is 2.32 bits per heavy atom. The van der Waals surface area contributed by atoms with Gasteiger partial charge in [-0.2, -0.15) is 0 Å². The molecule has 3 rings (SSSR count). The number of nitrogens with one attached hydrogen (secondary N) is 1. The van der Waals surface area contributed by atoms with Gasteiger partial charge in [-0.25, -0.2) is 10.5 Å². The summed E-state index contributed by atoms with van der Waals surface area (Å²) in [7, 11) is 0. The second-order valence-corrected chi connectivity index (χ2v) is 6.51. The van der Waals surface area contributed by atoms with E-state index in [9.17, 15) is 4.79 Å². The van der Waals surface area contributed by atoms with Crippen LogP contribution in [0.2, 0.25) is 5.02 Å². The van der Waals surface area contributed by atoms with Crippen molar-refractivity contribution in [2.75, 3.05) is 6.54 Å². The number of oxazole rings is 1. The van der Waals surface area contributed by atoms with Gasteiger partial charge in [-0.15, -0.1) is 5.11 Å². The van der Waals surface area contributed by atoms with E-state index in [4.69, 9.17) is 21.2 Å². The van der Waals surface area contributed by atoms with E-state index >= 15 is 0 Å². The number of hydroxylamine groups is 1. The number of hydrogen-bond acceptors (Lipinski definition) is 7. The van der Waals surface area contributed by atoms with Crippen LogP contribution in [0.3, 0.4) is 0 Å². The van der Waals surface area contributed by atoms with Crippen molar-refractivity contribution in [3.8, 4) is 0 Å². The van der Waals surface area contributed by atoms with Gasteiger partial charge in [-0.1, -0.05) is 30.7 Å². The standard InChI is InChI=1S/C16H18ClN5O3/c1-9(2)15(16-18-12-7-10(17)3-5-13(12)25-16)22-8-11(19-21-22)4-6-14(23)20-24/h3-5,7,9,15,24H,6,8H2,1-2H3,(H,20,23)/b11-4-. The van der Waals surface area contributed by atoms with E-state index < -0.39 is 5.91 Å². The molecule has 0 fully saturated rings. The molecule has 0 spiro atoms. The summed E-state index contributed by atoms with van der Waals surface area (Å²) in [5.41, 5.74) is 3.59. The van der Waals surface area contributed by atoms with Crippen LogP contribution in [-0.4, -0.2) is 27.7 Å². The zero-order chi connectivity index (χ0) is 18.0. The molecule has 1 aromatic heterocycles. The van der Waals surface area contributed by atoms with Crippen LogP contribution < -0.4 is 5.48 Å². The van der Waals surface area contributed by atoms with E-state index in [2.05, 4.69) is 15.3 Å². The predicted octanol–water partition coefficient (Wildman–Crippen LogP) is 3.64. The molecule has 0 bridgehead atoms. The Hall–Kier alpha value is -2.45. The highest BCUT2D eigenvalue weighted by atomic mass is 35.5. The van der Waals surface area contributed by atoms with Gasteiger partial charge in [0, 0.05) is 11.4 Å². The molecule has 1 aromatic carbocycles. The molecule has 0 saturated carbocycles. The molecule has 2 aromatic rings. The van der Waals surface area contributed by atoms with Crippen LogP contribution in [0, 0.1) is 5.92 Å². The highest BCUT2D eigenvalue weighted by Crippen LogP contribution is 2.34. The molecule has 1 atom stereocenters. The minimum Gasteiger partial charge on any atom is -0.438 e. The van der Waals surface area contributed by atoms with Crippen molar-refractivity contribution >= 4 is 28.6 Å². The lowest BCUT2D eigenvalue weighted by molar-refractivity contribution is -0.128. The Bertz CT molecular complexity index is 845. The molecule has 1 aliphatic heterocycles. The molecule has 132 valence electrons. The van der Waals surface area contributed by atoms with Gasteiger partial charge >= 0.3 is 0 Å². The molecule has 1 aliphatic rings. The minimum atomic E-state index is -0.502. The van der Waals surface area contributed by atoms with Crippen LogP contribution in [0.1, 0.15) is 32.2 Å². The van der Waals surface area contributed by atoms with E-state index in [1.807, 2.05) is 13.8 Å². The van der Waals surface area contributed by atoms with Crippen LogP contribution >= 0.6 is 11.6 Å². The first-order valence-corrected chi connectivity index (χ1v) is 8.22. The van der Waals surface area contributed by atoms with Gasteiger partial charge in [0.2, 0.25) is 11.8 Å². The third-order valence-corrected chi connectivity index (χ3v) is 4.07. The van der Waals surface area contributed by atoms with Crippen molar-refractivity contribution in [1.82, 2.24) is 15.5 Å². The summed E-state index contributed by atoms with van der Waals surface area (Å²) in [6.07, 6.45) is 1.66. The summed E-state index contributed by atoms with van der Waals surface area (Å²) in [6.45, 7) is 4.52. The van der Waals surface area contributed by atoms with Gasteiger partial charge in [0.25, 0.3) is 0 Å². The molecule has 0 saturated heterocycles.